The zero-order valence-electron chi connectivity index (χ0n) is 11.1. The summed E-state index contributed by atoms with van der Waals surface area (Å²) in [4.78, 5) is 16.3. The lowest BCUT2D eigenvalue weighted by molar-refractivity contribution is -0.131. The maximum atomic E-state index is 12.0. The Morgan fingerprint density at radius 3 is 2.53 bits per heavy atom. The summed E-state index contributed by atoms with van der Waals surface area (Å²) < 4.78 is 0. The number of nitrogens with one attached hydrogen (secondary N) is 1. The minimum absolute atomic E-state index is 0.276. The quantitative estimate of drug-likeness (QED) is 0.781. The normalized spacial score (nSPS) is 30.8. The van der Waals surface area contributed by atoms with Gasteiger partial charge < -0.3 is 15.1 Å². The Kier molecular flexibility index (Phi) is 4.40. The van der Waals surface area contributed by atoms with Gasteiger partial charge in [-0.25, -0.2) is 0 Å². The Hall–Kier alpha value is -0.610. The van der Waals surface area contributed by atoms with Crippen molar-refractivity contribution >= 4 is 5.91 Å². The molecule has 1 saturated heterocycles. The first-order valence-electron chi connectivity index (χ1n) is 6.85. The van der Waals surface area contributed by atoms with Crippen LogP contribution in [0.2, 0.25) is 0 Å². The first-order chi connectivity index (χ1) is 8.15. The zero-order chi connectivity index (χ0) is 12.3. The van der Waals surface area contributed by atoms with Crippen molar-refractivity contribution in [3.63, 3.8) is 0 Å². The van der Waals surface area contributed by atoms with Crippen LogP contribution in [0.15, 0.2) is 0 Å². The van der Waals surface area contributed by atoms with Crippen molar-refractivity contribution < 1.29 is 4.79 Å². The van der Waals surface area contributed by atoms with E-state index >= 15 is 0 Å². The SMILES string of the molecule is CC1CCC(NCC(=O)N2CCN(C)CC2)C1. The number of rotatable bonds is 3. The molecule has 4 nitrogen and oxygen atoms in total. The van der Waals surface area contributed by atoms with Crippen LogP contribution >= 0.6 is 0 Å². The number of hydrogen-bond acceptors (Lipinski definition) is 3. The lowest BCUT2D eigenvalue weighted by Crippen LogP contribution is -2.50. The number of piperazine rings is 1. The van der Waals surface area contributed by atoms with Crippen LogP contribution in [-0.2, 0) is 4.79 Å². The fourth-order valence-corrected chi connectivity index (χ4v) is 2.79. The van der Waals surface area contributed by atoms with Crippen LogP contribution in [0, 0.1) is 5.92 Å². The molecule has 0 bridgehead atoms. The number of amides is 1. The predicted octanol–water partition coefficient (Wildman–Crippen LogP) is 0.539. The lowest BCUT2D eigenvalue weighted by Gasteiger charge is -2.32. The molecule has 4 heteroatoms. The van der Waals surface area contributed by atoms with Gasteiger partial charge in [-0.3, -0.25) is 4.79 Å². The number of likely N-dealkylation sites (N-methyl/N-ethyl adjacent to an activating group) is 1. The summed E-state index contributed by atoms with van der Waals surface area (Å²) in [6.07, 6.45) is 3.77. The highest BCUT2D eigenvalue weighted by atomic mass is 16.2. The van der Waals surface area contributed by atoms with Crippen LogP contribution < -0.4 is 5.32 Å². The second-order valence-corrected chi connectivity index (χ2v) is 5.68. The molecule has 1 aliphatic carbocycles. The largest absolute Gasteiger partial charge is 0.339 e. The van der Waals surface area contributed by atoms with Crippen molar-refractivity contribution in [2.24, 2.45) is 5.92 Å². The van der Waals surface area contributed by atoms with Crippen LogP contribution in [0.1, 0.15) is 26.2 Å². The summed E-state index contributed by atoms with van der Waals surface area (Å²) in [6, 6.07) is 0.571. The molecule has 1 N–H and O–H groups in total. The minimum Gasteiger partial charge on any atom is -0.339 e. The van der Waals surface area contributed by atoms with Crippen LogP contribution in [0.4, 0.5) is 0 Å². The third kappa shape index (κ3) is 3.68. The Bertz CT molecular complexity index is 261. The van der Waals surface area contributed by atoms with E-state index in [2.05, 4.69) is 24.2 Å². The van der Waals surface area contributed by atoms with Crippen LogP contribution in [-0.4, -0.2) is 61.5 Å². The van der Waals surface area contributed by atoms with E-state index in [1.165, 1.54) is 19.3 Å². The van der Waals surface area contributed by atoms with Crippen molar-refractivity contribution in [1.29, 1.82) is 0 Å². The smallest absolute Gasteiger partial charge is 0.236 e. The molecule has 2 unspecified atom stereocenters. The molecule has 0 spiro atoms. The highest BCUT2D eigenvalue weighted by Crippen LogP contribution is 2.24. The van der Waals surface area contributed by atoms with Crippen molar-refractivity contribution in [3.05, 3.63) is 0 Å². The minimum atomic E-state index is 0.276. The zero-order valence-corrected chi connectivity index (χ0v) is 11.1. The average molecular weight is 239 g/mol. The summed E-state index contributed by atoms with van der Waals surface area (Å²) in [5.74, 6) is 1.10. The molecule has 2 atom stereocenters. The Morgan fingerprint density at radius 1 is 1.24 bits per heavy atom. The monoisotopic (exact) mass is 239 g/mol. The molecule has 17 heavy (non-hydrogen) atoms. The lowest BCUT2D eigenvalue weighted by atomic mass is 10.1. The molecular formula is C13H25N3O. The standard InChI is InChI=1S/C13H25N3O/c1-11-3-4-12(9-11)14-10-13(17)16-7-5-15(2)6-8-16/h11-12,14H,3-10H2,1-2H3. The van der Waals surface area contributed by atoms with E-state index in [1.54, 1.807) is 0 Å². The van der Waals surface area contributed by atoms with E-state index in [1.807, 2.05) is 4.90 Å². The number of carbonyl (C=O) groups is 1. The number of hydrogen-bond donors (Lipinski definition) is 1. The molecule has 0 aromatic rings. The second-order valence-electron chi connectivity index (χ2n) is 5.68. The van der Waals surface area contributed by atoms with E-state index in [9.17, 15) is 4.79 Å². The highest BCUT2D eigenvalue weighted by Gasteiger charge is 2.23. The van der Waals surface area contributed by atoms with Gasteiger partial charge in [0.15, 0.2) is 0 Å². The van der Waals surface area contributed by atoms with Gasteiger partial charge in [0.2, 0.25) is 5.91 Å². The second kappa shape index (κ2) is 5.83. The fourth-order valence-electron chi connectivity index (χ4n) is 2.79. The van der Waals surface area contributed by atoms with Gasteiger partial charge in [-0.1, -0.05) is 6.92 Å². The maximum Gasteiger partial charge on any atom is 0.236 e. The molecule has 1 amide bonds. The number of nitrogens with zero attached hydrogens (tertiary/aromatic N) is 2. The third-order valence-corrected chi connectivity index (χ3v) is 4.09. The van der Waals surface area contributed by atoms with Gasteiger partial charge in [0, 0.05) is 32.2 Å². The molecule has 0 radical (unpaired) electrons. The van der Waals surface area contributed by atoms with Crippen LogP contribution in [0.5, 0.6) is 0 Å². The van der Waals surface area contributed by atoms with Crippen molar-refractivity contribution in [2.45, 2.75) is 32.2 Å². The van der Waals surface area contributed by atoms with Crippen LogP contribution in [0.3, 0.4) is 0 Å². The molecule has 1 aliphatic heterocycles. The van der Waals surface area contributed by atoms with Gasteiger partial charge in [0.25, 0.3) is 0 Å². The van der Waals surface area contributed by atoms with E-state index in [-0.39, 0.29) is 5.91 Å². The van der Waals surface area contributed by atoms with Gasteiger partial charge in [0.1, 0.15) is 0 Å². The van der Waals surface area contributed by atoms with Crippen molar-refractivity contribution in [3.8, 4) is 0 Å². The summed E-state index contributed by atoms with van der Waals surface area (Å²) in [5, 5.41) is 3.42. The van der Waals surface area contributed by atoms with Crippen molar-refractivity contribution in [1.82, 2.24) is 15.1 Å². The first kappa shape index (κ1) is 12.8. The summed E-state index contributed by atoms with van der Waals surface area (Å²) in [5.41, 5.74) is 0. The van der Waals surface area contributed by atoms with E-state index in [0.29, 0.717) is 12.6 Å². The van der Waals surface area contributed by atoms with E-state index in [0.717, 1.165) is 32.1 Å². The molecule has 0 aromatic heterocycles. The summed E-state index contributed by atoms with van der Waals surface area (Å²) in [6.45, 7) is 6.61. The molecule has 1 heterocycles. The van der Waals surface area contributed by atoms with Gasteiger partial charge in [-0.2, -0.15) is 0 Å². The predicted molar refractivity (Wildman–Crippen MR) is 68.9 cm³/mol. The molecule has 2 aliphatic rings. The van der Waals surface area contributed by atoms with Gasteiger partial charge >= 0.3 is 0 Å². The van der Waals surface area contributed by atoms with Gasteiger partial charge in [-0.05, 0) is 32.2 Å². The number of carbonyl (C=O) groups excluding carboxylic acids is 1. The average Bonchev–Trinajstić information content (AvgIpc) is 2.73. The molecule has 1 saturated carbocycles. The fraction of sp³-hybridized carbons (Fsp3) is 0.923. The Morgan fingerprint density at radius 2 is 1.94 bits per heavy atom. The third-order valence-electron chi connectivity index (χ3n) is 4.09. The van der Waals surface area contributed by atoms with Crippen LogP contribution in [0.25, 0.3) is 0 Å². The summed E-state index contributed by atoms with van der Waals surface area (Å²) >= 11 is 0. The van der Waals surface area contributed by atoms with Gasteiger partial charge in [0.05, 0.1) is 6.54 Å². The maximum absolute atomic E-state index is 12.0. The molecule has 2 fully saturated rings. The first-order valence-corrected chi connectivity index (χ1v) is 6.85. The highest BCUT2D eigenvalue weighted by molar-refractivity contribution is 5.78. The summed E-state index contributed by atoms with van der Waals surface area (Å²) in [7, 11) is 2.11. The topological polar surface area (TPSA) is 35.6 Å². The van der Waals surface area contributed by atoms with Gasteiger partial charge in [-0.15, -0.1) is 0 Å². The molecule has 98 valence electrons. The Labute approximate surface area is 104 Å². The molecule has 2 rings (SSSR count). The Balaban J connectivity index is 1.67. The van der Waals surface area contributed by atoms with Crippen molar-refractivity contribution in [2.75, 3.05) is 39.8 Å². The molecule has 0 aromatic carbocycles. The van der Waals surface area contributed by atoms with E-state index < -0.39 is 0 Å². The van der Waals surface area contributed by atoms with E-state index in [4.69, 9.17) is 0 Å². The molecular weight excluding hydrogens is 214 g/mol.